The van der Waals surface area contributed by atoms with Crippen LogP contribution in [0.15, 0.2) is 36.4 Å². The molecular weight excluding hydrogens is 413 g/mol. The molecule has 1 atom stereocenters. The summed E-state index contributed by atoms with van der Waals surface area (Å²) in [7, 11) is 1.48. The number of benzene rings is 1. The number of carbonyl (C=O) groups excluding carboxylic acids is 2. The number of amides is 2. The predicted octanol–water partition coefficient (Wildman–Crippen LogP) is 2.03. The highest BCUT2D eigenvalue weighted by molar-refractivity contribution is 6.01. The number of pyridine rings is 1. The number of anilines is 1. The van der Waals surface area contributed by atoms with Crippen LogP contribution in [-0.4, -0.2) is 64.7 Å². The van der Waals surface area contributed by atoms with Gasteiger partial charge in [0.15, 0.2) is 0 Å². The number of aliphatic hydroxyl groups is 1. The highest BCUT2D eigenvalue weighted by atomic mass is 19.1. The molecule has 3 heterocycles. The Morgan fingerprint density at radius 2 is 2.09 bits per heavy atom. The summed E-state index contributed by atoms with van der Waals surface area (Å²) in [6.07, 6.45) is 1.60. The first-order valence-electron chi connectivity index (χ1n) is 10.6. The van der Waals surface area contributed by atoms with Crippen LogP contribution in [0, 0.1) is 5.95 Å². The van der Waals surface area contributed by atoms with Gasteiger partial charge in [-0.25, -0.2) is 4.98 Å². The van der Waals surface area contributed by atoms with Gasteiger partial charge in [0.25, 0.3) is 11.8 Å². The van der Waals surface area contributed by atoms with Crippen LogP contribution in [0.5, 0.6) is 0 Å². The van der Waals surface area contributed by atoms with Crippen LogP contribution in [0.25, 0.3) is 5.57 Å². The number of halogens is 1. The smallest absolute Gasteiger partial charge is 0.269 e. The molecule has 0 radical (unpaired) electrons. The van der Waals surface area contributed by atoms with E-state index in [1.807, 2.05) is 25.1 Å². The van der Waals surface area contributed by atoms with E-state index in [0.717, 1.165) is 17.7 Å². The van der Waals surface area contributed by atoms with E-state index in [4.69, 9.17) is 0 Å². The van der Waals surface area contributed by atoms with Gasteiger partial charge < -0.3 is 15.7 Å². The minimum Gasteiger partial charge on any atom is -0.356 e. The molecule has 168 valence electrons. The summed E-state index contributed by atoms with van der Waals surface area (Å²) in [5.74, 6) is -1.25. The predicted molar refractivity (Wildman–Crippen MR) is 118 cm³/mol. The highest BCUT2D eigenvalue weighted by Gasteiger charge is 2.29. The Hall–Kier alpha value is -3.30. The second-order valence-corrected chi connectivity index (χ2v) is 7.82. The third-order valence-corrected chi connectivity index (χ3v) is 5.85. The number of carbonyl (C=O) groups is 2. The van der Waals surface area contributed by atoms with Gasteiger partial charge in [-0.1, -0.05) is 12.1 Å². The molecule has 2 aliphatic heterocycles. The number of rotatable bonds is 5. The van der Waals surface area contributed by atoms with Crippen LogP contribution in [0.2, 0.25) is 0 Å². The van der Waals surface area contributed by atoms with E-state index in [2.05, 4.69) is 20.5 Å². The first-order valence-corrected chi connectivity index (χ1v) is 10.6. The first kappa shape index (κ1) is 21.9. The van der Waals surface area contributed by atoms with Gasteiger partial charge in [0.2, 0.25) is 12.3 Å². The summed E-state index contributed by atoms with van der Waals surface area (Å²) in [5, 5.41) is 15.5. The summed E-state index contributed by atoms with van der Waals surface area (Å²) < 4.78 is 14.4. The summed E-state index contributed by atoms with van der Waals surface area (Å²) >= 11 is 0. The fourth-order valence-corrected chi connectivity index (χ4v) is 4.08. The molecule has 0 bridgehead atoms. The lowest BCUT2D eigenvalue weighted by molar-refractivity contribution is 0.0210. The lowest BCUT2D eigenvalue weighted by Gasteiger charge is -2.34. The van der Waals surface area contributed by atoms with Gasteiger partial charge in [0.05, 0.1) is 11.3 Å². The molecule has 2 aromatic rings. The third-order valence-electron chi connectivity index (χ3n) is 5.85. The molecule has 1 unspecified atom stereocenters. The van der Waals surface area contributed by atoms with Crippen molar-refractivity contribution in [2.75, 3.05) is 32.0 Å². The fraction of sp³-hybridized carbons (Fsp3) is 0.348. The van der Waals surface area contributed by atoms with E-state index in [1.165, 1.54) is 18.0 Å². The molecule has 4 rings (SSSR count). The molecule has 0 saturated heterocycles. The van der Waals surface area contributed by atoms with Crippen LogP contribution in [0.4, 0.5) is 10.1 Å². The fourth-order valence-electron chi connectivity index (χ4n) is 4.08. The van der Waals surface area contributed by atoms with Crippen LogP contribution in [-0.2, 0) is 6.54 Å². The number of hydrogen-bond acceptors (Lipinski definition) is 6. The lowest BCUT2D eigenvalue weighted by Crippen LogP contribution is -2.48. The maximum absolute atomic E-state index is 14.4. The molecule has 0 fully saturated rings. The molecule has 0 saturated carbocycles. The monoisotopic (exact) mass is 439 g/mol. The normalized spacial score (nSPS) is 18.6. The van der Waals surface area contributed by atoms with Gasteiger partial charge in [0.1, 0.15) is 5.69 Å². The van der Waals surface area contributed by atoms with Gasteiger partial charge in [-0.05, 0) is 48.7 Å². The largest absolute Gasteiger partial charge is 0.356 e. The van der Waals surface area contributed by atoms with Crippen molar-refractivity contribution in [1.82, 2.24) is 20.1 Å². The molecule has 1 aromatic heterocycles. The number of aromatic nitrogens is 1. The van der Waals surface area contributed by atoms with E-state index in [-0.39, 0.29) is 11.6 Å². The van der Waals surface area contributed by atoms with Crippen LogP contribution >= 0.6 is 0 Å². The van der Waals surface area contributed by atoms with Crippen molar-refractivity contribution in [3.8, 4) is 0 Å². The molecule has 0 aliphatic carbocycles. The summed E-state index contributed by atoms with van der Waals surface area (Å²) in [6.45, 7) is 4.27. The first-order chi connectivity index (χ1) is 15.4. The van der Waals surface area contributed by atoms with Crippen LogP contribution in [0.1, 0.15) is 45.3 Å². The maximum atomic E-state index is 14.4. The van der Waals surface area contributed by atoms with Crippen LogP contribution < -0.4 is 10.6 Å². The van der Waals surface area contributed by atoms with Crippen molar-refractivity contribution >= 4 is 23.1 Å². The molecule has 3 N–H and O–H groups in total. The van der Waals surface area contributed by atoms with Crippen molar-refractivity contribution < 1.29 is 19.1 Å². The number of nitrogens with one attached hydrogen (secondary N) is 2. The quantitative estimate of drug-likeness (QED) is 0.617. The molecule has 1 aromatic carbocycles. The van der Waals surface area contributed by atoms with Crippen molar-refractivity contribution in [2.24, 2.45) is 0 Å². The molecule has 2 amide bonds. The highest BCUT2D eigenvalue weighted by Crippen LogP contribution is 2.28. The minimum atomic E-state index is -1.03. The van der Waals surface area contributed by atoms with E-state index >= 15 is 0 Å². The van der Waals surface area contributed by atoms with E-state index < -0.39 is 18.2 Å². The molecule has 8 nitrogen and oxygen atoms in total. The topological polar surface area (TPSA) is 97.8 Å². The zero-order chi connectivity index (χ0) is 22.8. The van der Waals surface area contributed by atoms with Gasteiger partial charge >= 0.3 is 0 Å². The van der Waals surface area contributed by atoms with Gasteiger partial charge in [0, 0.05) is 38.8 Å². The van der Waals surface area contributed by atoms with Gasteiger partial charge in [-0.15, -0.1) is 0 Å². The SMILES string of the molecule is CCN1C(=O)c2ccc(CN3CC=C(c4ccc(C(=O)NC)nc4F)CC3)cc2NC1O. The number of nitrogens with zero attached hydrogens (tertiary/aromatic N) is 3. The van der Waals surface area contributed by atoms with Crippen LogP contribution in [0.3, 0.4) is 0 Å². The van der Waals surface area contributed by atoms with E-state index in [0.29, 0.717) is 42.9 Å². The van der Waals surface area contributed by atoms with E-state index in [1.54, 1.807) is 12.1 Å². The third kappa shape index (κ3) is 4.21. The van der Waals surface area contributed by atoms with Crippen molar-refractivity contribution in [3.63, 3.8) is 0 Å². The zero-order valence-corrected chi connectivity index (χ0v) is 18.1. The molecule has 2 aliphatic rings. The molecule has 9 heteroatoms. The van der Waals surface area contributed by atoms with Gasteiger partial charge in [-0.2, -0.15) is 4.39 Å². The lowest BCUT2D eigenvalue weighted by atomic mass is 9.99. The summed E-state index contributed by atoms with van der Waals surface area (Å²) in [5.41, 5.74) is 3.53. The Labute approximate surface area is 185 Å². The Bertz CT molecular complexity index is 1090. The van der Waals surface area contributed by atoms with E-state index in [9.17, 15) is 19.1 Å². The summed E-state index contributed by atoms with van der Waals surface area (Å²) in [4.78, 5) is 31.5. The number of fused-ring (bicyclic) bond motifs is 1. The Kier molecular flexibility index (Phi) is 6.20. The zero-order valence-electron chi connectivity index (χ0n) is 18.1. The van der Waals surface area contributed by atoms with Gasteiger partial charge in [-0.3, -0.25) is 19.4 Å². The Morgan fingerprint density at radius 3 is 2.75 bits per heavy atom. The van der Waals surface area contributed by atoms with Crippen molar-refractivity contribution in [2.45, 2.75) is 26.2 Å². The average molecular weight is 439 g/mol. The number of aliphatic hydroxyl groups excluding tert-OH is 1. The summed E-state index contributed by atoms with van der Waals surface area (Å²) in [6, 6.07) is 8.73. The Morgan fingerprint density at radius 1 is 1.31 bits per heavy atom. The van der Waals surface area contributed by atoms with Crippen molar-refractivity contribution in [1.29, 1.82) is 0 Å². The average Bonchev–Trinajstić information content (AvgIpc) is 2.79. The van der Waals surface area contributed by atoms with Crippen molar-refractivity contribution in [3.05, 3.63) is 64.7 Å². The second kappa shape index (κ2) is 9.05. The Balaban J connectivity index is 1.44. The minimum absolute atomic E-state index is 0.0541. The number of hydrogen-bond donors (Lipinski definition) is 3. The standard InChI is InChI=1S/C23H26FN5O3/c1-3-29-22(31)17-5-4-14(12-19(17)27-23(29)32)13-28-10-8-15(9-11-28)16-6-7-18(21(30)25-2)26-20(16)24/h4-8,12,23,27,32H,3,9-11,13H2,1-2H3,(H,25,30). The molecular formula is C23H26FN5O3. The second-order valence-electron chi connectivity index (χ2n) is 7.82. The maximum Gasteiger partial charge on any atom is 0.269 e. The molecule has 0 spiro atoms. The molecule has 32 heavy (non-hydrogen) atoms.